The minimum atomic E-state index is -0.0659. The monoisotopic (exact) mass is 215 g/mol. The fourth-order valence-electron chi connectivity index (χ4n) is 2.02. The van der Waals surface area contributed by atoms with E-state index in [0.29, 0.717) is 6.61 Å². The first-order valence-electron chi connectivity index (χ1n) is 5.93. The first-order chi connectivity index (χ1) is 6.97. The smallest absolute Gasteiger partial charge is 0.0598 e. The average molecular weight is 215 g/mol. The Balaban J connectivity index is 2.33. The second-order valence-electron chi connectivity index (χ2n) is 5.62. The third-order valence-electron chi connectivity index (χ3n) is 3.17. The minimum absolute atomic E-state index is 0.0659. The first kappa shape index (κ1) is 12.9. The number of nitrogens with one attached hydrogen (secondary N) is 1. The second kappa shape index (κ2) is 5.28. The summed E-state index contributed by atoms with van der Waals surface area (Å²) in [6.45, 7) is 9.31. The summed E-state index contributed by atoms with van der Waals surface area (Å²) >= 11 is 0. The summed E-state index contributed by atoms with van der Waals surface area (Å²) in [7, 11) is 0. The van der Waals surface area contributed by atoms with Gasteiger partial charge in [-0.1, -0.05) is 0 Å². The van der Waals surface area contributed by atoms with E-state index in [9.17, 15) is 5.11 Å². The van der Waals surface area contributed by atoms with E-state index in [1.807, 2.05) is 0 Å². The number of rotatable bonds is 4. The molecule has 90 valence electrons. The molecule has 15 heavy (non-hydrogen) atoms. The van der Waals surface area contributed by atoms with Gasteiger partial charge in [-0.05, 0) is 58.5 Å². The fourth-order valence-corrected chi connectivity index (χ4v) is 2.02. The predicted molar refractivity (Wildman–Crippen MR) is 61.9 cm³/mol. The van der Waals surface area contributed by atoms with Crippen molar-refractivity contribution in [3.8, 4) is 0 Å². The van der Waals surface area contributed by atoms with Crippen LogP contribution in [0.3, 0.4) is 0 Å². The molecule has 0 spiro atoms. The van der Waals surface area contributed by atoms with Crippen molar-refractivity contribution in [1.82, 2.24) is 5.32 Å². The zero-order chi connectivity index (χ0) is 11.4. The quantitative estimate of drug-likeness (QED) is 0.747. The largest absolute Gasteiger partial charge is 0.396 e. The molecule has 1 saturated heterocycles. The van der Waals surface area contributed by atoms with E-state index in [1.54, 1.807) is 0 Å². The maximum Gasteiger partial charge on any atom is 0.0598 e. The zero-order valence-corrected chi connectivity index (χ0v) is 10.3. The molecule has 0 amide bonds. The molecule has 0 aromatic heterocycles. The molecule has 0 aliphatic carbocycles. The Morgan fingerprint density at radius 2 is 1.87 bits per heavy atom. The zero-order valence-electron chi connectivity index (χ0n) is 10.3. The van der Waals surface area contributed by atoms with E-state index >= 15 is 0 Å². The Hall–Kier alpha value is -0.120. The topological polar surface area (TPSA) is 41.5 Å². The first-order valence-corrected chi connectivity index (χ1v) is 5.93. The van der Waals surface area contributed by atoms with E-state index in [1.165, 1.54) is 0 Å². The van der Waals surface area contributed by atoms with Crippen LogP contribution in [-0.4, -0.2) is 37.0 Å². The van der Waals surface area contributed by atoms with E-state index in [2.05, 4.69) is 26.1 Å². The molecular weight excluding hydrogens is 190 g/mol. The highest BCUT2D eigenvalue weighted by Gasteiger charge is 2.31. The third kappa shape index (κ3) is 4.49. The highest BCUT2D eigenvalue weighted by molar-refractivity contribution is 4.84. The van der Waals surface area contributed by atoms with Gasteiger partial charge in [0.2, 0.25) is 0 Å². The van der Waals surface area contributed by atoms with Crippen LogP contribution in [0.4, 0.5) is 0 Å². The minimum Gasteiger partial charge on any atom is -0.396 e. The Labute approximate surface area is 93.2 Å². The number of hydrogen-bond acceptors (Lipinski definition) is 3. The van der Waals surface area contributed by atoms with Gasteiger partial charge in [0.15, 0.2) is 0 Å². The molecule has 0 bridgehead atoms. The molecule has 0 aromatic rings. The number of aliphatic hydroxyl groups excluding tert-OH is 1. The summed E-state index contributed by atoms with van der Waals surface area (Å²) in [4.78, 5) is 0. The van der Waals surface area contributed by atoms with Gasteiger partial charge in [0.05, 0.1) is 5.60 Å². The van der Waals surface area contributed by atoms with Crippen molar-refractivity contribution in [1.29, 1.82) is 0 Å². The number of piperidine rings is 1. The molecule has 1 heterocycles. The highest BCUT2D eigenvalue weighted by atomic mass is 16.5. The van der Waals surface area contributed by atoms with Crippen molar-refractivity contribution in [2.45, 2.75) is 45.6 Å². The summed E-state index contributed by atoms with van der Waals surface area (Å²) in [5, 5.41) is 12.8. The van der Waals surface area contributed by atoms with E-state index in [4.69, 9.17) is 4.74 Å². The van der Waals surface area contributed by atoms with Gasteiger partial charge in [-0.25, -0.2) is 0 Å². The standard InChI is InChI=1S/C12H25NO2/c1-11(2,3)15-9-6-12(10-14)4-7-13-8-5-12/h13-14H,4-10H2,1-3H3. The van der Waals surface area contributed by atoms with Crippen LogP contribution in [0.1, 0.15) is 40.0 Å². The fraction of sp³-hybridized carbons (Fsp3) is 1.00. The molecular formula is C12H25NO2. The van der Waals surface area contributed by atoms with Gasteiger partial charge in [-0.3, -0.25) is 0 Å². The lowest BCUT2D eigenvalue weighted by molar-refractivity contribution is -0.0327. The highest BCUT2D eigenvalue weighted by Crippen LogP contribution is 2.32. The van der Waals surface area contributed by atoms with E-state index in [-0.39, 0.29) is 11.0 Å². The molecule has 2 N–H and O–H groups in total. The van der Waals surface area contributed by atoms with Crippen LogP contribution < -0.4 is 5.32 Å². The number of aliphatic hydroxyl groups is 1. The molecule has 0 aromatic carbocycles. The molecule has 3 nitrogen and oxygen atoms in total. The second-order valence-corrected chi connectivity index (χ2v) is 5.62. The van der Waals surface area contributed by atoms with E-state index in [0.717, 1.165) is 39.0 Å². The van der Waals surface area contributed by atoms with Crippen molar-refractivity contribution in [3.63, 3.8) is 0 Å². The molecule has 0 saturated carbocycles. The number of ether oxygens (including phenoxy) is 1. The Kier molecular flexibility index (Phi) is 4.56. The third-order valence-corrected chi connectivity index (χ3v) is 3.17. The molecule has 1 rings (SSSR count). The summed E-state index contributed by atoms with van der Waals surface area (Å²) in [5.41, 5.74) is 0.0417. The van der Waals surface area contributed by atoms with E-state index < -0.39 is 0 Å². The summed E-state index contributed by atoms with van der Waals surface area (Å²) in [6.07, 6.45) is 3.11. The van der Waals surface area contributed by atoms with Crippen molar-refractivity contribution >= 4 is 0 Å². The Morgan fingerprint density at radius 1 is 1.27 bits per heavy atom. The van der Waals surface area contributed by atoms with Gasteiger partial charge in [-0.15, -0.1) is 0 Å². The SMILES string of the molecule is CC(C)(C)OCCC1(CO)CCNCC1. The lowest BCUT2D eigenvalue weighted by Crippen LogP contribution is -2.40. The molecule has 3 heteroatoms. The molecule has 1 aliphatic rings. The van der Waals surface area contributed by atoms with Crippen LogP contribution >= 0.6 is 0 Å². The summed E-state index contributed by atoms with van der Waals surface area (Å²) in [6, 6.07) is 0. The van der Waals surface area contributed by atoms with Gasteiger partial charge in [0.25, 0.3) is 0 Å². The van der Waals surface area contributed by atoms with Gasteiger partial charge < -0.3 is 15.2 Å². The maximum absolute atomic E-state index is 9.49. The molecule has 0 unspecified atom stereocenters. The molecule has 1 aliphatic heterocycles. The van der Waals surface area contributed by atoms with Crippen molar-refractivity contribution < 1.29 is 9.84 Å². The van der Waals surface area contributed by atoms with Gasteiger partial charge in [-0.2, -0.15) is 0 Å². The molecule has 0 atom stereocenters. The van der Waals surface area contributed by atoms with Crippen LogP contribution in [0, 0.1) is 5.41 Å². The number of hydrogen-bond donors (Lipinski definition) is 2. The van der Waals surface area contributed by atoms with Crippen LogP contribution in [0.15, 0.2) is 0 Å². The maximum atomic E-state index is 9.49. The van der Waals surface area contributed by atoms with Crippen LogP contribution in [-0.2, 0) is 4.74 Å². The lowest BCUT2D eigenvalue weighted by atomic mass is 9.77. The summed E-state index contributed by atoms with van der Waals surface area (Å²) < 4.78 is 5.73. The van der Waals surface area contributed by atoms with Crippen LogP contribution in [0.25, 0.3) is 0 Å². The van der Waals surface area contributed by atoms with Crippen LogP contribution in [0.5, 0.6) is 0 Å². The van der Waals surface area contributed by atoms with Crippen molar-refractivity contribution in [3.05, 3.63) is 0 Å². The summed E-state index contributed by atoms with van der Waals surface area (Å²) in [5.74, 6) is 0. The van der Waals surface area contributed by atoms with Crippen LogP contribution in [0.2, 0.25) is 0 Å². The average Bonchev–Trinajstić information content (AvgIpc) is 2.17. The van der Waals surface area contributed by atoms with Crippen molar-refractivity contribution in [2.24, 2.45) is 5.41 Å². The molecule has 1 fully saturated rings. The van der Waals surface area contributed by atoms with Gasteiger partial charge in [0.1, 0.15) is 0 Å². The molecule has 0 radical (unpaired) electrons. The predicted octanol–water partition coefficient (Wildman–Crippen LogP) is 1.55. The normalized spacial score (nSPS) is 21.6. The Bertz CT molecular complexity index is 181. The lowest BCUT2D eigenvalue weighted by Gasteiger charge is -2.36. The van der Waals surface area contributed by atoms with Gasteiger partial charge in [0, 0.05) is 13.2 Å². The van der Waals surface area contributed by atoms with Crippen molar-refractivity contribution in [2.75, 3.05) is 26.3 Å². The van der Waals surface area contributed by atoms with Gasteiger partial charge >= 0.3 is 0 Å². The Morgan fingerprint density at radius 3 is 2.33 bits per heavy atom.